The van der Waals surface area contributed by atoms with Crippen LogP contribution in [0, 0.1) is 6.92 Å². The van der Waals surface area contributed by atoms with Crippen LogP contribution in [0.2, 0.25) is 0 Å². The van der Waals surface area contributed by atoms with Crippen LogP contribution in [0.3, 0.4) is 0 Å². The van der Waals surface area contributed by atoms with E-state index in [1.54, 1.807) is 6.33 Å². The Labute approximate surface area is 139 Å². The zero-order chi connectivity index (χ0) is 16.1. The van der Waals surface area contributed by atoms with Crippen LogP contribution in [0.1, 0.15) is 43.7 Å². The second-order valence-electron chi connectivity index (χ2n) is 6.35. The van der Waals surface area contributed by atoms with Gasteiger partial charge in [-0.15, -0.1) is 0 Å². The van der Waals surface area contributed by atoms with E-state index < -0.39 is 0 Å². The Morgan fingerprint density at radius 3 is 2.78 bits per heavy atom. The summed E-state index contributed by atoms with van der Waals surface area (Å²) in [6, 6.07) is 11.3. The standard InChI is InChI=1S/C19H26N4/c1-3-17-6-4-5-11-23(17)19-12-18(21-14-22-19)20-13-16-9-7-15(2)8-10-16/h7-10,12,14,17H,3-6,11,13H2,1-2H3,(H,20,21,22). The molecule has 1 aliphatic heterocycles. The number of rotatable bonds is 5. The normalized spacial score (nSPS) is 18.0. The maximum absolute atomic E-state index is 4.50. The number of benzene rings is 1. The zero-order valence-corrected chi connectivity index (χ0v) is 14.1. The van der Waals surface area contributed by atoms with Gasteiger partial charge in [0.15, 0.2) is 0 Å². The molecule has 1 N–H and O–H groups in total. The molecule has 0 radical (unpaired) electrons. The van der Waals surface area contributed by atoms with Crippen LogP contribution < -0.4 is 10.2 Å². The summed E-state index contributed by atoms with van der Waals surface area (Å²) in [6.07, 6.45) is 6.71. The van der Waals surface area contributed by atoms with E-state index >= 15 is 0 Å². The van der Waals surface area contributed by atoms with Crippen molar-refractivity contribution in [2.45, 2.75) is 52.1 Å². The molecule has 0 spiro atoms. The maximum Gasteiger partial charge on any atom is 0.134 e. The van der Waals surface area contributed by atoms with Crippen molar-refractivity contribution in [3.05, 3.63) is 47.8 Å². The summed E-state index contributed by atoms with van der Waals surface area (Å²) in [5, 5.41) is 3.41. The van der Waals surface area contributed by atoms with Gasteiger partial charge in [-0.2, -0.15) is 0 Å². The van der Waals surface area contributed by atoms with Crippen molar-refractivity contribution in [1.29, 1.82) is 0 Å². The van der Waals surface area contributed by atoms with Crippen molar-refractivity contribution >= 4 is 11.6 Å². The van der Waals surface area contributed by atoms with Gasteiger partial charge in [0.1, 0.15) is 18.0 Å². The van der Waals surface area contributed by atoms with Gasteiger partial charge in [-0.05, 0) is 38.2 Å². The van der Waals surface area contributed by atoms with E-state index in [0.29, 0.717) is 6.04 Å². The fraction of sp³-hybridized carbons (Fsp3) is 0.474. The maximum atomic E-state index is 4.50. The lowest BCUT2D eigenvalue weighted by Crippen LogP contribution is -2.39. The monoisotopic (exact) mass is 310 g/mol. The van der Waals surface area contributed by atoms with Crippen molar-refractivity contribution in [3.63, 3.8) is 0 Å². The van der Waals surface area contributed by atoms with Crippen LogP contribution in [-0.2, 0) is 6.54 Å². The van der Waals surface area contributed by atoms with Crippen LogP contribution in [0.4, 0.5) is 11.6 Å². The Balaban J connectivity index is 1.68. The first-order chi connectivity index (χ1) is 11.3. The lowest BCUT2D eigenvalue weighted by molar-refractivity contribution is 0.446. The number of hydrogen-bond donors (Lipinski definition) is 1. The lowest BCUT2D eigenvalue weighted by atomic mass is 10.0. The summed E-state index contributed by atoms with van der Waals surface area (Å²) in [5.41, 5.74) is 2.55. The molecule has 1 atom stereocenters. The van der Waals surface area contributed by atoms with E-state index in [1.807, 2.05) is 0 Å². The molecule has 122 valence electrons. The van der Waals surface area contributed by atoms with Crippen molar-refractivity contribution in [2.75, 3.05) is 16.8 Å². The molecule has 0 aliphatic carbocycles. The van der Waals surface area contributed by atoms with E-state index in [1.165, 1.54) is 36.8 Å². The largest absolute Gasteiger partial charge is 0.366 e. The van der Waals surface area contributed by atoms with Gasteiger partial charge in [-0.25, -0.2) is 9.97 Å². The first kappa shape index (κ1) is 15.8. The van der Waals surface area contributed by atoms with Crippen molar-refractivity contribution < 1.29 is 0 Å². The Kier molecular flexibility index (Phi) is 5.11. The van der Waals surface area contributed by atoms with Gasteiger partial charge in [-0.1, -0.05) is 36.8 Å². The average molecular weight is 310 g/mol. The third-order valence-electron chi connectivity index (χ3n) is 4.64. The molecule has 1 fully saturated rings. The highest BCUT2D eigenvalue weighted by Crippen LogP contribution is 2.25. The minimum atomic E-state index is 0.614. The van der Waals surface area contributed by atoms with E-state index in [2.05, 4.69) is 64.4 Å². The molecule has 1 aliphatic rings. The predicted octanol–water partition coefficient (Wildman–Crippen LogP) is 4.17. The molecule has 4 nitrogen and oxygen atoms in total. The number of aryl methyl sites for hydroxylation is 1. The number of hydrogen-bond acceptors (Lipinski definition) is 4. The van der Waals surface area contributed by atoms with Crippen molar-refractivity contribution in [2.24, 2.45) is 0 Å². The molecule has 2 heterocycles. The summed E-state index contributed by atoms with van der Waals surface area (Å²) in [7, 11) is 0. The lowest BCUT2D eigenvalue weighted by Gasteiger charge is -2.36. The van der Waals surface area contributed by atoms with Crippen LogP contribution in [0.25, 0.3) is 0 Å². The highest BCUT2D eigenvalue weighted by molar-refractivity contribution is 5.49. The van der Waals surface area contributed by atoms with Gasteiger partial charge in [-0.3, -0.25) is 0 Å². The van der Waals surface area contributed by atoms with E-state index in [9.17, 15) is 0 Å². The molecule has 1 aromatic heterocycles. The van der Waals surface area contributed by atoms with Gasteiger partial charge in [0.25, 0.3) is 0 Å². The van der Waals surface area contributed by atoms with Gasteiger partial charge in [0.2, 0.25) is 0 Å². The highest BCUT2D eigenvalue weighted by atomic mass is 15.2. The van der Waals surface area contributed by atoms with Crippen molar-refractivity contribution in [1.82, 2.24) is 9.97 Å². The molecule has 1 aromatic carbocycles. The molecule has 2 aromatic rings. The Morgan fingerprint density at radius 1 is 1.17 bits per heavy atom. The molecular weight excluding hydrogens is 284 g/mol. The minimum Gasteiger partial charge on any atom is -0.366 e. The third-order valence-corrected chi connectivity index (χ3v) is 4.64. The molecule has 4 heteroatoms. The SMILES string of the molecule is CCC1CCCCN1c1cc(NCc2ccc(C)cc2)ncn1. The fourth-order valence-electron chi connectivity index (χ4n) is 3.23. The first-order valence-electron chi connectivity index (χ1n) is 8.64. The minimum absolute atomic E-state index is 0.614. The topological polar surface area (TPSA) is 41.0 Å². The van der Waals surface area contributed by atoms with Crippen molar-refractivity contribution in [3.8, 4) is 0 Å². The first-order valence-corrected chi connectivity index (χ1v) is 8.64. The molecule has 0 saturated carbocycles. The smallest absolute Gasteiger partial charge is 0.134 e. The molecular formula is C19H26N4. The molecule has 0 bridgehead atoms. The van der Waals surface area contributed by atoms with Gasteiger partial charge < -0.3 is 10.2 Å². The Bertz CT molecular complexity index is 624. The summed E-state index contributed by atoms with van der Waals surface area (Å²) in [5.74, 6) is 1.95. The van der Waals surface area contributed by atoms with Gasteiger partial charge in [0, 0.05) is 25.2 Å². The second kappa shape index (κ2) is 7.44. The number of anilines is 2. The Hall–Kier alpha value is -2.10. The molecule has 23 heavy (non-hydrogen) atoms. The quantitative estimate of drug-likeness (QED) is 0.900. The summed E-state index contributed by atoms with van der Waals surface area (Å²) < 4.78 is 0. The molecule has 0 amide bonds. The number of nitrogens with zero attached hydrogens (tertiary/aromatic N) is 3. The van der Waals surface area contributed by atoms with E-state index in [4.69, 9.17) is 0 Å². The number of aromatic nitrogens is 2. The fourth-order valence-corrected chi connectivity index (χ4v) is 3.23. The molecule has 1 saturated heterocycles. The van der Waals surface area contributed by atoms with Crippen LogP contribution in [-0.4, -0.2) is 22.6 Å². The van der Waals surface area contributed by atoms with E-state index in [0.717, 1.165) is 24.7 Å². The third kappa shape index (κ3) is 4.01. The van der Waals surface area contributed by atoms with Crippen LogP contribution in [0.15, 0.2) is 36.7 Å². The average Bonchev–Trinajstić information content (AvgIpc) is 2.61. The number of piperidine rings is 1. The number of nitrogens with one attached hydrogen (secondary N) is 1. The van der Waals surface area contributed by atoms with Crippen LogP contribution >= 0.6 is 0 Å². The van der Waals surface area contributed by atoms with Crippen LogP contribution in [0.5, 0.6) is 0 Å². The molecule has 1 unspecified atom stereocenters. The summed E-state index contributed by atoms with van der Waals surface area (Å²) in [6.45, 7) is 6.26. The predicted molar refractivity (Wildman–Crippen MR) is 95.8 cm³/mol. The Morgan fingerprint density at radius 2 is 2.00 bits per heavy atom. The van der Waals surface area contributed by atoms with Gasteiger partial charge in [0.05, 0.1) is 0 Å². The zero-order valence-electron chi connectivity index (χ0n) is 14.1. The van der Waals surface area contributed by atoms with Gasteiger partial charge >= 0.3 is 0 Å². The summed E-state index contributed by atoms with van der Waals surface area (Å²) >= 11 is 0. The van der Waals surface area contributed by atoms with E-state index in [-0.39, 0.29) is 0 Å². The summed E-state index contributed by atoms with van der Waals surface area (Å²) in [4.78, 5) is 11.3. The highest BCUT2D eigenvalue weighted by Gasteiger charge is 2.22. The molecule has 3 rings (SSSR count). The second-order valence-corrected chi connectivity index (χ2v) is 6.35.